The Kier molecular flexibility index (Phi) is 6.51. The summed E-state index contributed by atoms with van der Waals surface area (Å²) in [6.07, 6.45) is 2.99. The molecule has 0 bridgehead atoms. The number of hydrogen-bond acceptors (Lipinski definition) is 3. The van der Waals surface area contributed by atoms with Gasteiger partial charge in [0.1, 0.15) is 0 Å². The number of hydrogen-bond donors (Lipinski definition) is 2. The molecule has 2 N–H and O–H groups in total. The lowest BCUT2D eigenvalue weighted by Crippen LogP contribution is -2.36. The number of piperidine rings is 1. The van der Waals surface area contributed by atoms with Crippen LogP contribution in [-0.4, -0.2) is 19.0 Å². The summed E-state index contributed by atoms with van der Waals surface area (Å²) in [5, 5.41) is 9.42. The number of amides is 1. The van der Waals surface area contributed by atoms with Gasteiger partial charge in [0.2, 0.25) is 5.91 Å². The first-order chi connectivity index (χ1) is 12.1. The highest BCUT2D eigenvalue weighted by Crippen LogP contribution is 2.28. The van der Waals surface area contributed by atoms with Crippen LogP contribution in [0.2, 0.25) is 5.02 Å². The number of halogens is 1. The van der Waals surface area contributed by atoms with Crippen molar-refractivity contribution in [1.29, 1.82) is 0 Å². The summed E-state index contributed by atoms with van der Waals surface area (Å²) < 4.78 is 0. The van der Waals surface area contributed by atoms with Crippen molar-refractivity contribution in [3.8, 4) is 0 Å². The van der Waals surface area contributed by atoms with Crippen molar-refractivity contribution in [3.05, 3.63) is 57.2 Å². The number of thiophene rings is 1. The van der Waals surface area contributed by atoms with E-state index < -0.39 is 0 Å². The van der Waals surface area contributed by atoms with Gasteiger partial charge in [-0.15, -0.1) is 11.3 Å². The van der Waals surface area contributed by atoms with Gasteiger partial charge < -0.3 is 10.6 Å². The summed E-state index contributed by atoms with van der Waals surface area (Å²) in [5.41, 5.74) is 1.06. The maximum atomic E-state index is 12.7. The molecule has 3 unspecified atom stereocenters. The van der Waals surface area contributed by atoms with Crippen molar-refractivity contribution < 1.29 is 4.79 Å². The van der Waals surface area contributed by atoms with Gasteiger partial charge in [0.25, 0.3) is 0 Å². The Morgan fingerprint density at radius 2 is 2.16 bits per heavy atom. The van der Waals surface area contributed by atoms with Gasteiger partial charge in [-0.25, -0.2) is 0 Å². The van der Waals surface area contributed by atoms with Crippen molar-refractivity contribution in [2.75, 3.05) is 13.1 Å². The van der Waals surface area contributed by atoms with Crippen LogP contribution in [0.5, 0.6) is 0 Å². The topological polar surface area (TPSA) is 41.1 Å². The molecule has 0 radical (unpaired) electrons. The molecule has 0 spiro atoms. The third-order valence-electron chi connectivity index (χ3n) is 4.98. The highest BCUT2D eigenvalue weighted by Gasteiger charge is 2.24. The maximum Gasteiger partial charge on any atom is 0.221 e. The van der Waals surface area contributed by atoms with E-state index in [1.165, 1.54) is 12.8 Å². The van der Waals surface area contributed by atoms with Crippen LogP contribution >= 0.6 is 22.9 Å². The van der Waals surface area contributed by atoms with Crippen molar-refractivity contribution in [2.45, 2.75) is 32.2 Å². The molecule has 3 nitrogen and oxygen atoms in total. The van der Waals surface area contributed by atoms with Crippen molar-refractivity contribution in [3.63, 3.8) is 0 Å². The fourth-order valence-electron chi connectivity index (χ4n) is 3.47. The fraction of sp³-hybridized carbons (Fsp3) is 0.450. The highest BCUT2D eigenvalue weighted by molar-refractivity contribution is 7.10. The van der Waals surface area contributed by atoms with Crippen LogP contribution in [0.25, 0.3) is 0 Å². The lowest BCUT2D eigenvalue weighted by molar-refractivity contribution is -0.122. The largest absolute Gasteiger partial charge is 0.344 e. The van der Waals surface area contributed by atoms with Crippen LogP contribution in [0.1, 0.15) is 42.7 Å². The average Bonchev–Trinajstić information content (AvgIpc) is 3.15. The molecule has 3 atom stereocenters. The summed E-state index contributed by atoms with van der Waals surface area (Å²) >= 11 is 7.67. The van der Waals surface area contributed by atoms with Gasteiger partial charge in [-0.05, 0) is 66.9 Å². The average molecular weight is 377 g/mol. The van der Waals surface area contributed by atoms with Gasteiger partial charge in [-0.2, -0.15) is 0 Å². The van der Waals surface area contributed by atoms with Crippen LogP contribution in [-0.2, 0) is 4.79 Å². The third-order valence-corrected chi connectivity index (χ3v) is 6.17. The third kappa shape index (κ3) is 5.06. The number of rotatable bonds is 6. The second kappa shape index (κ2) is 8.84. The minimum Gasteiger partial charge on any atom is -0.344 e. The summed E-state index contributed by atoms with van der Waals surface area (Å²) in [6.45, 7) is 4.33. The van der Waals surface area contributed by atoms with Gasteiger partial charge in [0.05, 0.1) is 6.04 Å². The number of carbonyl (C=O) groups is 1. The molecule has 1 aliphatic heterocycles. The normalized spacial score (nSPS) is 20.0. The second-order valence-corrected chi connectivity index (χ2v) is 8.27. The molecule has 1 aromatic carbocycles. The lowest BCUT2D eigenvalue weighted by atomic mass is 9.85. The minimum absolute atomic E-state index is 0.110. The van der Waals surface area contributed by atoms with E-state index in [1.54, 1.807) is 11.3 Å². The van der Waals surface area contributed by atoms with Gasteiger partial charge >= 0.3 is 0 Å². The van der Waals surface area contributed by atoms with Gasteiger partial charge in [-0.1, -0.05) is 36.7 Å². The maximum absolute atomic E-state index is 12.7. The van der Waals surface area contributed by atoms with E-state index in [0.717, 1.165) is 23.5 Å². The fourth-order valence-corrected chi connectivity index (χ4v) is 4.40. The van der Waals surface area contributed by atoms with Crippen LogP contribution in [0, 0.1) is 11.8 Å². The second-order valence-electron chi connectivity index (χ2n) is 6.86. The molecule has 1 saturated heterocycles. The molecule has 1 fully saturated rings. The summed E-state index contributed by atoms with van der Waals surface area (Å²) in [5.74, 6) is 1.10. The van der Waals surface area contributed by atoms with Gasteiger partial charge in [-0.3, -0.25) is 4.79 Å². The van der Waals surface area contributed by atoms with Gasteiger partial charge in [0, 0.05) is 16.3 Å². The molecule has 0 saturated carbocycles. The molecule has 1 aromatic heterocycles. The van der Waals surface area contributed by atoms with E-state index in [4.69, 9.17) is 11.6 Å². The molecule has 1 aliphatic rings. The first-order valence-corrected chi connectivity index (χ1v) is 10.2. The summed E-state index contributed by atoms with van der Waals surface area (Å²) in [7, 11) is 0. The molecule has 3 rings (SSSR count). The van der Waals surface area contributed by atoms with Crippen LogP contribution in [0.3, 0.4) is 0 Å². The standard InChI is InChI=1S/C20H25ClN2OS/c1-14(16-4-2-10-22-13-16)12-19(24)23-20(18-5-3-11-25-18)15-6-8-17(21)9-7-15/h3,5-9,11,14,16,20,22H,2,4,10,12-13H2,1H3,(H,23,24). The molecule has 2 aromatic rings. The number of carbonyl (C=O) groups excluding carboxylic acids is 1. The molecular weight excluding hydrogens is 352 g/mol. The van der Waals surface area contributed by atoms with Gasteiger partial charge in [0.15, 0.2) is 0 Å². The Bertz CT molecular complexity index is 666. The Balaban J connectivity index is 1.67. The summed E-state index contributed by atoms with van der Waals surface area (Å²) in [6, 6.07) is 11.7. The summed E-state index contributed by atoms with van der Waals surface area (Å²) in [4.78, 5) is 13.8. The van der Waals surface area contributed by atoms with Crippen molar-refractivity contribution in [2.24, 2.45) is 11.8 Å². The van der Waals surface area contributed by atoms with Crippen LogP contribution in [0.15, 0.2) is 41.8 Å². The lowest BCUT2D eigenvalue weighted by Gasteiger charge is -2.28. The Morgan fingerprint density at radius 3 is 2.80 bits per heavy atom. The molecule has 1 amide bonds. The SMILES string of the molecule is CC(CC(=O)NC(c1ccc(Cl)cc1)c1cccs1)C1CCCNC1. The predicted octanol–water partition coefficient (Wildman–Crippen LogP) is 4.63. The smallest absolute Gasteiger partial charge is 0.221 e. The first-order valence-electron chi connectivity index (χ1n) is 8.92. The molecule has 0 aliphatic carbocycles. The number of benzene rings is 1. The Hall–Kier alpha value is -1.36. The Morgan fingerprint density at radius 1 is 1.36 bits per heavy atom. The van der Waals surface area contributed by atoms with Crippen LogP contribution < -0.4 is 10.6 Å². The monoisotopic (exact) mass is 376 g/mol. The van der Waals surface area contributed by atoms with E-state index in [9.17, 15) is 4.79 Å². The van der Waals surface area contributed by atoms with E-state index in [-0.39, 0.29) is 11.9 Å². The molecule has 5 heteroatoms. The zero-order valence-electron chi connectivity index (χ0n) is 14.5. The molecule has 134 valence electrons. The first kappa shape index (κ1) is 18.4. The zero-order valence-corrected chi connectivity index (χ0v) is 16.1. The van der Waals surface area contributed by atoms with Crippen LogP contribution in [0.4, 0.5) is 0 Å². The zero-order chi connectivity index (χ0) is 17.6. The van der Waals surface area contributed by atoms with E-state index in [1.807, 2.05) is 35.7 Å². The molecule has 2 heterocycles. The quantitative estimate of drug-likeness (QED) is 0.771. The van der Waals surface area contributed by atoms with E-state index >= 15 is 0 Å². The van der Waals surface area contributed by atoms with Crippen molar-refractivity contribution in [1.82, 2.24) is 10.6 Å². The van der Waals surface area contributed by atoms with E-state index in [0.29, 0.717) is 23.3 Å². The highest BCUT2D eigenvalue weighted by atomic mass is 35.5. The predicted molar refractivity (Wildman–Crippen MR) is 105 cm³/mol. The molecule has 25 heavy (non-hydrogen) atoms. The minimum atomic E-state index is -0.110. The molecular formula is C20H25ClN2OS. The number of nitrogens with one attached hydrogen (secondary N) is 2. The van der Waals surface area contributed by atoms with Crippen molar-refractivity contribution >= 4 is 28.8 Å². The van der Waals surface area contributed by atoms with E-state index in [2.05, 4.69) is 23.6 Å². The Labute approximate surface area is 158 Å².